The molecule has 126 valence electrons. The van der Waals surface area contributed by atoms with Gasteiger partial charge in [0.15, 0.2) is 18.1 Å². The number of carbonyl (C=O) groups excluding carboxylic acids is 1. The molecule has 1 amide bonds. The average Bonchev–Trinajstić information content (AvgIpc) is 3.02. The van der Waals surface area contributed by atoms with E-state index in [1.54, 1.807) is 7.11 Å². The van der Waals surface area contributed by atoms with Gasteiger partial charge in [-0.05, 0) is 44.0 Å². The highest BCUT2D eigenvalue weighted by atomic mass is 16.5. The maximum absolute atomic E-state index is 12.4. The molecular formula is C18H26N2O3. The second kappa shape index (κ2) is 8.58. The molecule has 0 radical (unpaired) electrons. The van der Waals surface area contributed by atoms with E-state index < -0.39 is 0 Å². The number of nitrogens with zero attached hydrogens (tertiary/aromatic N) is 1. The number of rotatable bonds is 8. The normalized spacial score (nSPS) is 17.1. The highest BCUT2D eigenvalue weighted by molar-refractivity contribution is 5.78. The Kier molecular flexibility index (Phi) is 6.47. The fourth-order valence-corrected chi connectivity index (χ4v) is 2.96. The SMILES string of the molecule is C=CCc1ccc(OCC(=O)N2CCCC2CNC)c(OC)c1. The quantitative estimate of drug-likeness (QED) is 0.745. The Bertz CT molecular complexity index is 545. The van der Waals surface area contributed by atoms with E-state index in [1.165, 1.54) is 0 Å². The van der Waals surface area contributed by atoms with Crippen molar-refractivity contribution in [1.82, 2.24) is 10.2 Å². The summed E-state index contributed by atoms with van der Waals surface area (Å²) in [5, 5.41) is 3.14. The molecule has 5 nitrogen and oxygen atoms in total. The van der Waals surface area contributed by atoms with Gasteiger partial charge in [-0.2, -0.15) is 0 Å². The van der Waals surface area contributed by atoms with Crippen molar-refractivity contribution in [2.75, 3.05) is 33.9 Å². The summed E-state index contributed by atoms with van der Waals surface area (Å²) in [4.78, 5) is 14.3. The van der Waals surface area contributed by atoms with Crippen molar-refractivity contribution in [2.45, 2.75) is 25.3 Å². The molecule has 2 rings (SSSR count). The Labute approximate surface area is 138 Å². The van der Waals surface area contributed by atoms with Crippen LogP contribution in [0.3, 0.4) is 0 Å². The standard InChI is InChI=1S/C18H26N2O3/c1-4-6-14-8-9-16(17(11-14)22-3)23-13-18(21)20-10-5-7-15(20)12-19-2/h4,8-9,11,15,19H,1,5-7,10,12-13H2,2-3H3. The zero-order valence-corrected chi connectivity index (χ0v) is 14.0. The molecule has 1 N–H and O–H groups in total. The van der Waals surface area contributed by atoms with Gasteiger partial charge in [0, 0.05) is 19.1 Å². The van der Waals surface area contributed by atoms with Gasteiger partial charge in [0.05, 0.1) is 7.11 Å². The van der Waals surface area contributed by atoms with Gasteiger partial charge in [0.1, 0.15) is 0 Å². The van der Waals surface area contributed by atoms with Gasteiger partial charge in [0.2, 0.25) is 0 Å². The summed E-state index contributed by atoms with van der Waals surface area (Å²) in [5.74, 6) is 1.27. The number of methoxy groups -OCH3 is 1. The van der Waals surface area contributed by atoms with Crippen LogP contribution in [0.4, 0.5) is 0 Å². The van der Waals surface area contributed by atoms with Crippen LogP contribution in [0.2, 0.25) is 0 Å². The minimum atomic E-state index is 0.0278. The molecule has 1 aliphatic rings. The molecule has 1 fully saturated rings. The molecule has 1 atom stereocenters. The number of carbonyl (C=O) groups is 1. The van der Waals surface area contributed by atoms with Gasteiger partial charge in [-0.3, -0.25) is 4.79 Å². The van der Waals surface area contributed by atoms with Crippen LogP contribution >= 0.6 is 0 Å². The van der Waals surface area contributed by atoms with E-state index in [2.05, 4.69) is 11.9 Å². The van der Waals surface area contributed by atoms with E-state index in [4.69, 9.17) is 9.47 Å². The monoisotopic (exact) mass is 318 g/mol. The molecule has 0 bridgehead atoms. The maximum atomic E-state index is 12.4. The average molecular weight is 318 g/mol. The van der Waals surface area contributed by atoms with Crippen molar-refractivity contribution < 1.29 is 14.3 Å². The van der Waals surface area contributed by atoms with Crippen LogP contribution in [0.15, 0.2) is 30.9 Å². The summed E-state index contributed by atoms with van der Waals surface area (Å²) in [7, 11) is 3.51. The highest BCUT2D eigenvalue weighted by Gasteiger charge is 2.28. The molecule has 23 heavy (non-hydrogen) atoms. The van der Waals surface area contributed by atoms with E-state index >= 15 is 0 Å². The Balaban J connectivity index is 1.97. The van der Waals surface area contributed by atoms with Crippen molar-refractivity contribution in [3.8, 4) is 11.5 Å². The first-order valence-electron chi connectivity index (χ1n) is 8.04. The summed E-state index contributed by atoms with van der Waals surface area (Å²) in [6, 6.07) is 6.00. The minimum absolute atomic E-state index is 0.0278. The molecule has 1 aromatic rings. The largest absolute Gasteiger partial charge is 0.493 e. The van der Waals surface area contributed by atoms with Crippen molar-refractivity contribution in [2.24, 2.45) is 0 Å². The third-order valence-electron chi connectivity index (χ3n) is 4.10. The summed E-state index contributed by atoms with van der Waals surface area (Å²) in [5.41, 5.74) is 1.10. The van der Waals surface area contributed by atoms with Crippen LogP contribution in [-0.4, -0.2) is 50.7 Å². The van der Waals surface area contributed by atoms with Gasteiger partial charge < -0.3 is 19.7 Å². The lowest BCUT2D eigenvalue weighted by molar-refractivity contribution is -0.134. The zero-order chi connectivity index (χ0) is 16.7. The van der Waals surface area contributed by atoms with Crippen LogP contribution in [-0.2, 0) is 11.2 Å². The molecular weight excluding hydrogens is 292 g/mol. The van der Waals surface area contributed by atoms with E-state index in [0.717, 1.165) is 37.9 Å². The second-order valence-electron chi connectivity index (χ2n) is 5.71. The zero-order valence-electron chi connectivity index (χ0n) is 14.0. The Morgan fingerprint density at radius 2 is 2.30 bits per heavy atom. The molecule has 0 saturated carbocycles. The number of likely N-dealkylation sites (N-methyl/N-ethyl adjacent to an activating group) is 1. The van der Waals surface area contributed by atoms with Crippen LogP contribution in [0.25, 0.3) is 0 Å². The molecule has 0 spiro atoms. The molecule has 1 saturated heterocycles. The van der Waals surface area contributed by atoms with Gasteiger partial charge in [-0.25, -0.2) is 0 Å². The lowest BCUT2D eigenvalue weighted by atomic mass is 10.1. The third kappa shape index (κ3) is 4.48. The maximum Gasteiger partial charge on any atom is 0.260 e. The molecule has 1 unspecified atom stereocenters. The fourth-order valence-electron chi connectivity index (χ4n) is 2.96. The van der Waals surface area contributed by atoms with Crippen LogP contribution in [0.1, 0.15) is 18.4 Å². The van der Waals surface area contributed by atoms with Gasteiger partial charge in [-0.1, -0.05) is 12.1 Å². The lowest BCUT2D eigenvalue weighted by Crippen LogP contribution is -2.43. The van der Waals surface area contributed by atoms with Crippen molar-refractivity contribution >= 4 is 5.91 Å². The molecule has 0 aliphatic carbocycles. The van der Waals surface area contributed by atoms with Gasteiger partial charge in [0.25, 0.3) is 5.91 Å². The van der Waals surface area contributed by atoms with Crippen LogP contribution < -0.4 is 14.8 Å². The highest BCUT2D eigenvalue weighted by Crippen LogP contribution is 2.28. The first kappa shape index (κ1) is 17.3. The van der Waals surface area contributed by atoms with Crippen molar-refractivity contribution in [1.29, 1.82) is 0 Å². The number of amides is 1. The van der Waals surface area contributed by atoms with E-state index in [-0.39, 0.29) is 18.6 Å². The molecule has 1 aromatic carbocycles. The number of hydrogen-bond donors (Lipinski definition) is 1. The summed E-state index contributed by atoms with van der Waals surface area (Å²) in [6.07, 6.45) is 4.72. The number of likely N-dealkylation sites (tertiary alicyclic amines) is 1. The van der Waals surface area contributed by atoms with Crippen molar-refractivity contribution in [3.05, 3.63) is 36.4 Å². The fraction of sp³-hybridized carbons (Fsp3) is 0.500. The van der Waals surface area contributed by atoms with E-state index in [9.17, 15) is 4.79 Å². The topological polar surface area (TPSA) is 50.8 Å². The predicted octanol–water partition coefficient (Wildman–Crippen LogP) is 2.01. The first-order valence-corrected chi connectivity index (χ1v) is 8.04. The van der Waals surface area contributed by atoms with E-state index in [1.807, 2.05) is 36.2 Å². The van der Waals surface area contributed by atoms with Crippen LogP contribution in [0, 0.1) is 0 Å². The number of hydrogen-bond acceptors (Lipinski definition) is 4. The first-order chi connectivity index (χ1) is 11.2. The summed E-state index contributed by atoms with van der Waals surface area (Å²) in [6.45, 7) is 5.41. The van der Waals surface area contributed by atoms with Gasteiger partial charge >= 0.3 is 0 Å². The van der Waals surface area contributed by atoms with Crippen LogP contribution in [0.5, 0.6) is 11.5 Å². The van der Waals surface area contributed by atoms with Gasteiger partial charge in [-0.15, -0.1) is 6.58 Å². The molecule has 5 heteroatoms. The number of benzene rings is 1. The Morgan fingerprint density at radius 3 is 3.00 bits per heavy atom. The predicted molar refractivity (Wildman–Crippen MR) is 91.1 cm³/mol. The second-order valence-corrected chi connectivity index (χ2v) is 5.71. The van der Waals surface area contributed by atoms with E-state index in [0.29, 0.717) is 11.5 Å². The molecule has 0 aromatic heterocycles. The third-order valence-corrected chi connectivity index (χ3v) is 4.10. The number of nitrogens with one attached hydrogen (secondary N) is 1. The Hall–Kier alpha value is -2.01. The Morgan fingerprint density at radius 1 is 1.48 bits per heavy atom. The number of ether oxygens (including phenoxy) is 2. The number of allylic oxidation sites excluding steroid dienone is 1. The minimum Gasteiger partial charge on any atom is -0.493 e. The summed E-state index contributed by atoms with van der Waals surface area (Å²) < 4.78 is 11.1. The lowest BCUT2D eigenvalue weighted by Gasteiger charge is -2.24. The summed E-state index contributed by atoms with van der Waals surface area (Å²) >= 11 is 0. The van der Waals surface area contributed by atoms with Crippen molar-refractivity contribution in [3.63, 3.8) is 0 Å². The molecule has 1 heterocycles. The molecule has 1 aliphatic heterocycles. The smallest absolute Gasteiger partial charge is 0.260 e.